The summed E-state index contributed by atoms with van der Waals surface area (Å²) >= 11 is 0. The minimum absolute atomic E-state index is 0.248. The highest BCUT2D eigenvalue weighted by molar-refractivity contribution is 6.74. The third kappa shape index (κ3) is 4.66. The molecule has 0 bridgehead atoms. The molecule has 1 N–H and O–H groups in total. The molecule has 0 aromatic carbocycles. The Morgan fingerprint density at radius 1 is 1.20 bits per heavy atom. The molecule has 0 unspecified atom stereocenters. The van der Waals surface area contributed by atoms with Crippen molar-refractivity contribution >= 4 is 8.32 Å². The maximum atomic E-state index is 8.90. The van der Waals surface area contributed by atoms with E-state index in [0.717, 1.165) is 6.42 Å². The van der Waals surface area contributed by atoms with Gasteiger partial charge in [-0.2, -0.15) is 0 Å². The fourth-order valence-electron chi connectivity index (χ4n) is 1.20. The molecule has 0 radical (unpaired) electrons. The molecule has 0 aromatic heterocycles. The summed E-state index contributed by atoms with van der Waals surface area (Å²) in [6.07, 6.45) is 1.08. The molecule has 15 heavy (non-hydrogen) atoms. The number of rotatable bonds is 5. The molecule has 2 nitrogen and oxygen atoms in total. The van der Waals surface area contributed by atoms with E-state index >= 15 is 0 Å². The van der Waals surface area contributed by atoms with Crippen molar-refractivity contribution in [1.29, 1.82) is 0 Å². The highest BCUT2D eigenvalue weighted by Gasteiger charge is 2.38. The summed E-state index contributed by atoms with van der Waals surface area (Å²) in [7, 11) is -1.64. The lowest BCUT2D eigenvalue weighted by Gasteiger charge is -2.39. The van der Waals surface area contributed by atoms with Crippen LogP contribution < -0.4 is 0 Å². The van der Waals surface area contributed by atoms with Crippen molar-refractivity contribution in [2.24, 2.45) is 5.92 Å². The molecular formula is C12H28O2Si. The topological polar surface area (TPSA) is 29.5 Å². The quantitative estimate of drug-likeness (QED) is 0.736. The Hall–Kier alpha value is 0.137. The summed E-state index contributed by atoms with van der Waals surface area (Å²) in [4.78, 5) is 0. The number of hydrogen-bond donors (Lipinski definition) is 1. The maximum Gasteiger partial charge on any atom is 0.192 e. The molecule has 0 rings (SSSR count). The van der Waals surface area contributed by atoms with Gasteiger partial charge in [-0.15, -0.1) is 0 Å². The number of aliphatic hydroxyl groups is 1. The van der Waals surface area contributed by atoms with Gasteiger partial charge < -0.3 is 9.53 Å². The van der Waals surface area contributed by atoms with Crippen LogP contribution in [0.5, 0.6) is 0 Å². The average Bonchev–Trinajstić information content (AvgIpc) is 2.01. The first-order valence-corrected chi connectivity index (χ1v) is 8.81. The highest BCUT2D eigenvalue weighted by Crippen LogP contribution is 2.38. The Morgan fingerprint density at radius 3 is 2.00 bits per heavy atom. The van der Waals surface area contributed by atoms with Crippen molar-refractivity contribution in [3.8, 4) is 0 Å². The lowest BCUT2D eigenvalue weighted by Crippen LogP contribution is -2.44. The van der Waals surface area contributed by atoms with Crippen LogP contribution in [-0.4, -0.2) is 26.1 Å². The van der Waals surface area contributed by atoms with E-state index in [1.165, 1.54) is 0 Å². The number of aliphatic hydroxyl groups excluding tert-OH is 1. The molecule has 92 valence electrons. The van der Waals surface area contributed by atoms with E-state index in [1.54, 1.807) is 0 Å². The molecule has 0 aliphatic heterocycles. The highest BCUT2D eigenvalue weighted by atomic mass is 28.4. The van der Waals surface area contributed by atoms with Crippen LogP contribution in [0, 0.1) is 5.92 Å². The summed E-state index contributed by atoms with van der Waals surface area (Å²) in [5, 5.41) is 9.16. The minimum atomic E-state index is -1.64. The minimum Gasteiger partial charge on any atom is -0.414 e. The van der Waals surface area contributed by atoms with E-state index in [2.05, 4.69) is 47.7 Å². The normalized spacial score (nSPS) is 17.6. The smallest absolute Gasteiger partial charge is 0.192 e. The summed E-state index contributed by atoms with van der Waals surface area (Å²) in [5.41, 5.74) is 0. The Morgan fingerprint density at radius 2 is 1.67 bits per heavy atom. The second kappa shape index (κ2) is 5.46. The van der Waals surface area contributed by atoms with Gasteiger partial charge in [-0.05, 0) is 37.4 Å². The zero-order valence-corrected chi connectivity index (χ0v) is 12.4. The van der Waals surface area contributed by atoms with Gasteiger partial charge in [-0.3, -0.25) is 0 Å². The Labute approximate surface area is 96.2 Å². The number of hydrogen-bond acceptors (Lipinski definition) is 2. The van der Waals surface area contributed by atoms with Gasteiger partial charge in [0.05, 0.1) is 0 Å². The first-order valence-electron chi connectivity index (χ1n) is 5.90. The Bertz CT molecular complexity index is 185. The van der Waals surface area contributed by atoms with Gasteiger partial charge in [0.25, 0.3) is 0 Å². The second-order valence-corrected chi connectivity index (χ2v) is 10.8. The van der Waals surface area contributed by atoms with Gasteiger partial charge in [0.2, 0.25) is 0 Å². The van der Waals surface area contributed by atoms with Crippen LogP contribution in [0.3, 0.4) is 0 Å². The molecule has 0 saturated heterocycles. The monoisotopic (exact) mass is 232 g/mol. The summed E-state index contributed by atoms with van der Waals surface area (Å²) in [6.45, 7) is 15.8. The summed E-state index contributed by atoms with van der Waals surface area (Å²) in [5.74, 6) is 0.434. The van der Waals surface area contributed by atoms with Gasteiger partial charge in [-0.25, -0.2) is 0 Å². The van der Waals surface area contributed by atoms with Gasteiger partial charge in [0, 0.05) is 12.7 Å². The third-order valence-electron chi connectivity index (χ3n) is 3.67. The fraction of sp³-hybridized carbons (Fsp3) is 1.00. The molecule has 0 aromatic rings. The van der Waals surface area contributed by atoms with Gasteiger partial charge in [0.15, 0.2) is 8.32 Å². The van der Waals surface area contributed by atoms with Crippen molar-refractivity contribution in [2.75, 3.05) is 6.61 Å². The first kappa shape index (κ1) is 15.1. The molecule has 0 saturated carbocycles. The van der Waals surface area contributed by atoms with Crippen molar-refractivity contribution in [3.63, 3.8) is 0 Å². The zero-order chi connectivity index (χ0) is 12.3. The maximum absolute atomic E-state index is 8.90. The van der Waals surface area contributed by atoms with Gasteiger partial charge in [-0.1, -0.05) is 27.7 Å². The predicted molar refractivity (Wildman–Crippen MR) is 68.6 cm³/mol. The molecule has 0 aliphatic rings. The molecule has 0 fully saturated rings. The molecular weight excluding hydrogens is 204 g/mol. The van der Waals surface area contributed by atoms with Crippen LogP contribution in [0.4, 0.5) is 0 Å². The van der Waals surface area contributed by atoms with Crippen LogP contribution in [0.1, 0.15) is 41.0 Å². The van der Waals surface area contributed by atoms with Crippen LogP contribution in [0.15, 0.2) is 0 Å². The zero-order valence-electron chi connectivity index (χ0n) is 11.4. The van der Waals surface area contributed by atoms with Crippen molar-refractivity contribution < 1.29 is 9.53 Å². The lowest BCUT2D eigenvalue weighted by molar-refractivity contribution is 0.122. The van der Waals surface area contributed by atoms with Crippen LogP contribution >= 0.6 is 0 Å². The van der Waals surface area contributed by atoms with E-state index < -0.39 is 8.32 Å². The SMILES string of the molecule is C[C@H](CCO)[C@@H](C)O[Si](C)(C)C(C)(C)C. The predicted octanol–water partition coefficient (Wildman–Crippen LogP) is 3.42. The van der Waals surface area contributed by atoms with E-state index in [-0.39, 0.29) is 17.7 Å². The lowest BCUT2D eigenvalue weighted by atomic mass is 10.0. The first-order chi connectivity index (χ1) is 6.62. The fourth-order valence-corrected chi connectivity index (χ4v) is 2.71. The van der Waals surface area contributed by atoms with Gasteiger partial charge >= 0.3 is 0 Å². The van der Waals surface area contributed by atoms with E-state index in [4.69, 9.17) is 9.53 Å². The van der Waals surface area contributed by atoms with Crippen molar-refractivity contribution in [1.82, 2.24) is 0 Å². The van der Waals surface area contributed by atoms with E-state index in [9.17, 15) is 0 Å². The van der Waals surface area contributed by atoms with E-state index in [0.29, 0.717) is 5.92 Å². The van der Waals surface area contributed by atoms with Crippen LogP contribution in [0.2, 0.25) is 18.1 Å². The van der Waals surface area contributed by atoms with Gasteiger partial charge in [0.1, 0.15) is 0 Å². The van der Waals surface area contributed by atoms with Crippen molar-refractivity contribution in [2.45, 2.75) is 65.3 Å². The standard InChI is InChI=1S/C12H28O2Si/c1-10(8-9-13)11(2)14-15(6,7)12(3,4)5/h10-11,13H,8-9H2,1-7H3/t10-,11-/m1/s1. The summed E-state index contributed by atoms with van der Waals surface area (Å²) < 4.78 is 6.24. The third-order valence-corrected chi connectivity index (χ3v) is 8.25. The molecule has 3 heteroatoms. The molecule has 0 spiro atoms. The molecule has 0 heterocycles. The van der Waals surface area contributed by atoms with Crippen LogP contribution in [-0.2, 0) is 4.43 Å². The molecule has 2 atom stereocenters. The largest absolute Gasteiger partial charge is 0.414 e. The van der Waals surface area contributed by atoms with E-state index in [1.807, 2.05) is 0 Å². The molecule has 0 amide bonds. The average molecular weight is 232 g/mol. The van der Waals surface area contributed by atoms with Crippen LogP contribution in [0.25, 0.3) is 0 Å². The Kier molecular flexibility index (Phi) is 5.51. The summed E-state index contributed by atoms with van der Waals surface area (Å²) in [6, 6.07) is 0. The van der Waals surface area contributed by atoms with Crippen molar-refractivity contribution in [3.05, 3.63) is 0 Å². The Balaban J connectivity index is 4.33. The second-order valence-electron chi connectivity index (χ2n) is 6.07. The molecule has 0 aliphatic carbocycles.